The quantitative estimate of drug-likeness (QED) is 0.714. The lowest BCUT2D eigenvalue weighted by molar-refractivity contribution is -0.137. The number of aromatic nitrogens is 1. The van der Waals surface area contributed by atoms with E-state index in [0.29, 0.717) is 0 Å². The fraction of sp³-hybridized carbons (Fsp3) is 0.125. The third-order valence-corrected chi connectivity index (χ3v) is 3.29. The van der Waals surface area contributed by atoms with Crippen LogP contribution in [0, 0.1) is 0 Å². The Hall–Kier alpha value is -2.62. The molecule has 1 unspecified atom stereocenters. The number of fused-ring (bicyclic) bond motifs is 2. The summed E-state index contributed by atoms with van der Waals surface area (Å²) in [5, 5.41) is 14.1. The molecule has 0 aliphatic heterocycles. The van der Waals surface area contributed by atoms with Crippen molar-refractivity contribution in [3.63, 3.8) is 0 Å². The molecule has 3 aromatic rings. The van der Waals surface area contributed by atoms with Gasteiger partial charge in [-0.2, -0.15) is 0 Å². The second kappa shape index (κ2) is 4.81. The van der Waals surface area contributed by atoms with Crippen molar-refractivity contribution in [2.45, 2.75) is 13.0 Å². The molecule has 3 rings (SSSR count). The van der Waals surface area contributed by atoms with E-state index in [4.69, 9.17) is 5.11 Å². The zero-order valence-corrected chi connectivity index (χ0v) is 11.0. The molecule has 0 saturated heterocycles. The van der Waals surface area contributed by atoms with E-state index in [-0.39, 0.29) is 0 Å². The van der Waals surface area contributed by atoms with Gasteiger partial charge in [0.2, 0.25) is 0 Å². The minimum atomic E-state index is -0.886. The highest BCUT2D eigenvalue weighted by molar-refractivity contribution is 5.99. The Labute approximate surface area is 116 Å². The molecular weight excluding hydrogens is 252 g/mol. The fourth-order valence-corrected chi connectivity index (χ4v) is 2.21. The number of anilines is 1. The van der Waals surface area contributed by atoms with Crippen LogP contribution >= 0.6 is 0 Å². The summed E-state index contributed by atoms with van der Waals surface area (Å²) in [6, 6.07) is 15.0. The van der Waals surface area contributed by atoms with Gasteiger partial charge in [0, 0.05) is 10.8 Å². The van der Waals surface area contributed by atoms with Crippen molar-refractivity contribution < 1.29 is 9.90 Å². The SMILES string of the molecule is CC(Nc1cccc2cc3ccccc3nc12)C(=O)O. The van der Waals surface area contributed by atoms with Crippen LogP contribution in [0.2, 0.25) is 0 Å². The fourth-order valence-electron chi connectivity index (χ4n) is 2.21. The molecule has 20 heavy (non-hydrogen) atoms. The smallest absolute Gasteiger partial charge is 0.325 e. The predicted molar refractivity (Wildman–Crippen MR) is 80.0 cm³/mol. The second-order valence-corrected chi connectivity index (χ2v) is 4.76. The number of carbonyl (C=O) groups is 1. The van der Waals surface area contributed by atoms with Gasteiger partial charge in [-0.05, 0) is 25.1 Å². The van der Waals surface area contributed by atoms with Crippen LogP contribution in [0.4, 0.5) is 5.69 Å². The van der Waals surface area contributed by atoms with Crippen LogP contribution in [0.5, 0.6) is 0 Å². The molecule has 1 heterocycles. The third-order valence-electron chi connectivity index (χ3n) is 3.29. The molecule has 2 aromatic carbocycles. The number of para-hydroxylation sites is 2. The topological polar surface area (TPSA) is 62.2 Å². The van der Waals surface area contributed by atoms with Gasteiger partial charge in [-0.15, -0.1) is 0 Å². The van der Waals surface area contributed by atoms with E-state index in [2.05, 4.69) is 16.4 Å². The van der Waals surface area contributed by atoms with Crippen LogP contribution in [0.25, 0.3) is 21.8 Å². The molecule has 0 amide bonds. The molecule has 0 saturated carbocycles. The Morgan fingerprint density at radius 1 is 1.15 bits per heavy atom. The lowest BCUT2D eigenvalue weighted by atomic mass is 10.1. The van der Waals surface area contributed by atoms with Crippen molar-refractivity contribution in [2.75, 3.05) is 5.32 Å². The van der Waals surface area contributed by atoms with Crippen LogP contribution < -0.4 is 5.32 Å². The van der Waals surface area contributed by atoms with Crippen molar-refractivity contribution >= 4 is 33.5 Å². The molecule has 100 valence electrons. The number of nitrogens with zero attached hydrogens (tertiary/aromatic N) is 1. The van der Waals surface area contributed by atoms with Gasteiger partial charge in [-0.25, -0.2) is 4.98 Å². The zero-order valence-electron chi connectivity index (χ0n) is 11.0. The van der Waals surface area contributed by atoms with E-state index < -0.39 is 12.0 Å². The Bertz CT molecular complexity index is 799. The van der Waals surface area contributed by atoms with Gasteiger partial charge < -0.3 is 10.4 Å². The molecule has 0 radical (unpaired) electrons. The van der Waals surface area contributed by atoms with Crippen LogP contribution in [-0.2, 0) is 4.79 Å². The first-order valence-electron chi connectivity index (χ1n) is 6.43. The van der Waals surface area contributed by atoms with Gasteiger partial charge >= 0.3 is 5.97 Å². The molecule has 0 bridgehead atoms. The summed E-state index contributed by atoms with van der Waals surface area (Å²) in [6.45, 7) is 1.61. The van der Waals surface area contributed by atoms with E-state index in [0.717, 1.165) is 27.5 Å². The van der Waals surface area contributed by atoms with Crippen molar-refractivity contribution in [3.8, 4) is 0 Å². The Kier molecular flexibility index (Phi) is 2.99. The summed E-state index contributed by atoms with van der Waals surface area (Å²) < 4.78 is 0. The Morgan fingerprint density at radius 2 is 1.90 bits per heavy atom. The molecule has 0 fully saturated rings. The summed E-state index contributed by atoms with van der Waals surface area (Å²) in [4.78, 5) is 15.6. The average molecular weight is 266 g/mol. The highest BCUT2D eigenvalue weighted by atomic mass is 16.4. The first-order chi connectivity index (χ1) is 9.65. The minimum Gasteiger partial charge on any atom is -0.480 e. The molecular formula is C16H14N2O2. The van der Waals surface area contributed by atoms with Gasteiger partial charge in [-0.1, -0.05) is 30.3 Å². The van der Waals surface area contributed by atoms with E-state index in [1.165, 1.54) is 0 Å². The summed E-state index contributed by atoms with van der Waals surface area (Å²) in [5.74, 6) is -0.886. The number of nitrogens with one attached hydrogen (secondary N) is 1. The van der Waals surface area contributed by atoms with Gasteiger partial charge in [0.25, 0.3) is 0 Å². The second-order valence-electron chi connectivity index (χ2n) is 4.76. The summed E-state index contributed by atoms with van der Waals surface area (Å²) >= 11 is 0. The monoisotopic (exact) mass is 266 g/mol. The molecule has 0 aliphatic carbocycles. The van der Waals surface area contributed by atoms with Gasteiger partial charge in [-0.3, -0.25) is 4.79 Å². The Morgan fingerprint density at radius 3 is 2.70 bits per heavy atom. The van der Waals surface area contributed by atoms with Crippen LogP contribution in [0.1, 0.15) is 6.92 Å². The molecule has 4 nitrogen and oxygen atoms in total. The van der Waals surface area contributed by atoms with Gasteiger partial charge in [0.15, 0.2) is 0 Å². The summed E-state index contributed by atoms with van der Waals surface area (Å²) in [6.07, 6.45) is 0. The van der Waals surface area contributed by atoms with Crippen molar-refractivity contribution in [1.82, 2.24) is 4.98 Å². The number of benzene rings is 2. The van der Waals surface area contributed by atoms with Crippen LogP contribution in [0.3, 0.4) is 0 Å². The maximum absolute atomic E-state index is 11.0. The molecule has 1 aromatic heterocycles. The maximum Gasteiger partial charge on any atom is 0.325 e. The first-order valence-corrected chi connectivity index (χ1v) is 6.43. The lowest BCUT2D eigenvalue weighted by Gasteiger charge is -2.13. The van der Waals surface area contributed by atoms with Crippen molar-refractivity contribution in [3.05, 3.63) is 48.5 Å². The number of aliphatic carboxylic acids is 1. The van der Waals surface area contributed by atoms with E-state index in [1.54, 1.807) is 6.92 Å². The zero-order chi connectivity index (χ0) is 14.1. The normalized spacial score (nSPS) is 12.4. The molecule has 0 spiro atoms. The molecule has 4 heteroatoms. The Balaban J connectivity index is 2.17. The molecule has 1 atom stereocenters. The average Bonchev–Trinajstić information content (AvgIpc) is 2.45. The van der Waals surface area contributed by atoms with E-state index in [9.17, 15) is 4.79 Å². The predicted octanol–water partition coefficient (Wildman–Crippen LogP) is 3.27. The standard InChI is InChI=1S/C16H14N2O2/c1-10(16(19)20)17-14-8-4-6-12-9-11-5-2-3-7-13(11)18-15(12)14/h2-10,17H,1H3,(H,19,20). The number of carboxylic acid groups (broad SMARTS) is 1. The van der Waals surface area contributed by atoms with E-state index in [1.807, 2.05) is 42.5 Å². The van der Waals surface area contributed by atoms with Gasteiger partial charge in [0.1, 0.15) is 6.04 Å². The van der Waals surface area contributed by atoms with Crippen LogP contribution in [0.15, 0.2) is 48.5 Å². The number of hydrogen-bond donors (Lipinski definition) is 2. The number of carboxylic acids is 1. The highest BCUT2D eigenvalue weighted by Crippen LogP contribution is 2.25. The molecule has 2 N–H and O–H groups in total. The third kappa shape index (κ3) is 2.16. The number of hydrogen-bond acceptors (Lipinski definition) is 3. The van der Waals surface area contributed by atoms with Gasteiger partial charge in [0.05, 0.1) is 16.7 Å². The lowest BCUT2D eigenvalue weighted by Crippen LogP contribution is -2.25. The maximum atomic E-state index is 11.0. The largest absolute Gasteiger partial charge is 0.480 e. The molecule has 0 aliphatic rings. The van der Waals surface area contributed by atoms with Crippen molar-refractivity contribution in [1.29, 1.82) is 0 Å². The number of pyridine rings is 1. The number of rotatable bonds is 3. The summed E-state index contributed by atoms with van der Waals surface area (Å²) in [7, 11) is 0. The minimum absolute atomic E-state index is 0.658. The first kappa shape index (κ1) is 12.4. The van der Waals surface area contributed by atoms with E-state index >= 15 is 0 Å². The highest BCUT2D eigenvalue weighted by Gasteiger charge is 2.12. The van der Waals surface area contributed by atoms with Crippen molar-refractivity contribution in [2.24, 2.45) is 0 Å². The van der Waals surface area contributed by atoms with Crippen LogP contribution in [-0.4, -0.2) is 22.1 Å². The summed E-state index contributed by atoms with van der Waals surface area (Å²) in [5.41, 5.74) is 2.43.